The summed E-state index contributed by atoms with van der Waals surface area (Å²) in [6.07, 6.45) is 5.10. The fraction of sp³-hybridized carbons (Fsp3) is 0. The van der Waals surface area contributed by atoms with Crippen molar-refractivity contribution in [3.63, 3.8) is 0 Å². The summed E-state index contributed by atoms with van der Waals surface area (Å²) in [5.74, 6) is 0.837. The van der Waals surface area contributed by atoms with E-state index < -0.39 is 0 Å². The highest BCUT2D eigenvalue weighted by molar-refractivity contribution is 5.46. The summed E-state index contributed by atoms with van der Waals surface area (Å²) in [6, 6.07) is 1.74. The quantitative estimate of drug-likeness (QED) is 0.565. The molecule has 3 heterocycles. The lowest BCUT2D eigenvalue weighted by atomic mass is 10.5. The Kier molecular flexibility index (Phi) is 1.58. The third kappa shape index (κ3) is 1.16. The van der Waals surface area contributed by atoms with Crippen molar-refractivity contribution in [1.29, 1.82) is 0 Å². The lowest BCUT2D eigenvalue weighted by Crippen LogP contribution is -2.05. The molecule has 0 spiro atoms. The molecule has 0 aliphatic heterocycles. The van der Waals surface area contributed by atoms with Crippen LogP contribution in [0, 0.1) is 0 Å². The van der Waals surface area contributed by atoms with Gasteiger partial charge >= 0.3 is 0 Å². The average molecular weight is 216 g/mol. The fourth-order valence-corrected chi connectivity index (χ4v) is 1.43. The largest absolute Gasteiger partial charge is 0.368 e. The summed E-state index contributed by atoms with van der Waals surface area (Å²) in [7, 11) is 0. The maximum atomic E-state index is 5.63. The topological polar surface area (TPSA) is 113 Å². The second-order valence-corrected chi connectivity index (χ2v) is 3.18. The molecule has 0 saturated heterocycles. The molecular formula is C8H8N8. The third-order valence-corrected chi connectivity index (χ3v) is 2.14. The maximum Gasteiger partial charge on any atom is 0.241 e. The molecule has 0 radical (unpaired) electrons. The number of imidazole rings is 1. The van der Waals surface area contributed by atoms with Crippen LogP contribution in [-0.2, 0) is 0 Å². The SMILES string of the molecule is Nc1nc(N)n(-c2cc3nccn3cn2)n1. The zero-order chi connectivity index (χ0) is 11.1. The number of hydrogen-bond donors (Lipinski definition) is 2. The van der Waals surface area contributed by atoms with Crippen molar-refractivity contribution >= 4 is 17.5 Å². The van der Waals surface area contributed by atoms with Crippen molar-refractivity contribution in [3.05, 3.63) is 24.8 Å². The maximum absolute atomic E-state index is 5.63. The zero-order valence-electron chi connectivity index (χ0n) is 8.15. The van der Waals surface area contributed by atoms with Gasteiger partial charge in [0, 0.05) is 18.5 Å². The first-order valence-electron chi connectivity index (χ1n) is 4.51. The van der Waals surface area contributed by atoms with E-state index in [1.807, 2.05) is 0 Å². The molecule has 80 valence electrons. The summed E-state index contributed by atoms with van der Waals surface area (Å²) in [4.78, 5) is 12.1. The molecule has 16 heavy (non-hydrogen) atoms. The summed E-state index contributed by atoms with van der Waals surface area (Å²) in [5.41, 5.74) is 11.8. The van der Waals surface area contributed by atoms with Gasteiger partial charge in [-0.25, -0.2) is 9.97 Å². The molecule has 0 saturated carbocycles. The minimum Gasteiger partial charge on any atom is -0.368 e. The highest BCUT2D eigenvalue weighted by atomic mass is 15.4. The molecule has 0 atom stereocenters. The van der Waals surface area contributed by atoms with E-state index in [-0.39, 0.29) is 11.9 Å². The highest BCUT2D eigenvalue weighted by Gasteiger charge is 2.08. The molecule has 0 amide bonds. The molecule has 8 heteroatoms. The lowest BCUT2D eigenvalue weighted by Gasteiger charge is -2.01. The van der Waals surface area contributed by atoms with Gasteiger partial charge in [-0.15, -0.1) is 5.10 Å². The van der Waals surface area contributed by atoms with E-state index in [4.69, 9.17) is 11.5 Å². The van der Waals surface area contributed by atoms with Crippen LogP contribution >= 0.6 is 0 Å². The first-order valence-corrected chi connectivity index (χ1v) is 4.51. The molecule has 4 N–H and O–H groups in total. The summed E-state index contributed by atoms with van der Waals surface area (Å²) in [5, 5.41) is 3.93. The number of rotatable bonds is 1. The molecule has 0 unspecified atom stereocenters. The summed E-state index contributed by atoms with van der Waals surface area (Å²) in [6.45, 7) is 0. The number of aromatic nitrogens is 6. The van der Waals surface area contributed by atoms with Gasteiger partial charge in [-0.2, -0.15) is 9.67 Å². The van der Waals surface area contributed by atoms with Crippen molar-refractivity contribution in [2.75, 3.05) is 11.5 Å². The Hall–Kier alpha value is -2.64. The van der Waals surface area contributed by atoms with E-state index in [1.54, 1.807) is 29.2 Å². The van der Waals surface area contributed by atoms with Gasteiger partial charge in [0.1, 0.15) is 12.0 Å². The Labute approximate surface area is 89.6 Å². The Bertz CT molecular complexity index is 651. The number of anilines is 2. The molecule has 3 aromatic heterocycles. The first-order chi connectivity index (χ1) is 7.74. The van der Waals surface area contributed by atoms with Gasteiger partial charge in [0.2, 0.25) is 11.9 Å². The smallest absolute Gasteiger partial charge is 0.241 e. The molecule has 3 rings (SSSR count). The fourth-order valence-electron chi connectivity index (χ4n) is 1.43. The van der Waals surface area contributed by atoms with Crippen LogP contribution in [0.2, 0.25) is 0 Å². The van der Waals surface area contributed by atoms with Gasteiger partial charge in [0.15, 0.2) is 5.82 Å². The van der Waals surface area contributed by atoms with Crippen LogP contribution in [0.1, 0.15) is 0 Å². The first kappa shape index (κ1) is 8.65. The van der Waals surface area contributed by atoms with Gasteiger partial charge < -0.3 is 11.5 Å². The van der Waals surface area contributed by atoms with Gasteiger partial charge in [0.25, 0.3) is 0 Å². The average Bonchev–Trinajstić information content (AvgIpc) is 2.83. The number of nitrogens with two attached hydrogens (primary N) is 2. The minimum atomic E-state index is 0.113. The Morgan fingerprint density at radius 2 is 2.06 bits per heavy atom. The minimum absolute atomic E-state index is 0.113. The second kappa shape index (κ2) is 2.92. The van der Waals surface area contributed by atoms with E-state index >= 15 is 0 Å². The van der Waals surface area contributed by atoms with Crippen molar-refractivity contribution in [2.24, 2.45) is 0 Å². The van der Waals surface area contributed by atoms with Crippen molar-refractivity contribution in [2.45, 2.75) is 0 Å². The van der Waals surface area contributed by atoms with Crippen LogP contribution in [-0.4, -0.2) is 29.1 Å². The molecular weight excluding hydrogens is 208 g/mol. The van der Waals surface area contributed by atoms with Gasteiger partial charge in [-0.05, 0) is 0 Å². The van der Waals surface area contributed by atoms with Crippen molar-refractivity contribution < 1.29 is 0 Å². The van der Waals surface area contributed by atoms with E-state index in [1.165, 1.54) is 4.68 Å². The predicted molar refractivity (Wildman–Crippen MR) is 56.7 cm³/mol. The molecule has 0 bridgehead atoms. The summed E-state index contributed by atoms with van der Waals surface area (Å²) >= 11 is 0. The Balaban J connectivity index is 2.21. The van der Waals surface area contributed by atoms with Crippen LogP contribution in [0.5, 0.6) is 0 Å². The van der Waals surface area contributed by atoms with Crippen molar-refractivity contribution in [3.8, 4) is 5.82 Å². The standard InChI is InChI=1S/C8H8N8/c9-7-13-8(10)16(14-7)6-3-5-11-1-2-15(5)4-12-6/h1-4H,(H4,9,10,13,14). The molecule has 0 aliphatic carbocycles. The number of nitrogens with zero attached hydrogens (tertiary/aromatic N) is 6. The van der Waals surface area contributed by atoms with Gasteiger partial charge in [-0.3, -0.25) is 4.40 Å². The molecule has 0 fully saturated rings. The third-order valence-electron chi connectivity index (χ3n) is 2.14. The second-order valence-electron chi connectivity index (χ2n) is 3.18. The van der Waals surface area contributed by atoms with E-state index in [0.717, 1.165) is 5.65 Å². The van der Waals surface area contributed by atoms with E-state index in [0.29, 0.717) is 5.82 Å². The molecule has 0 aliphatic rings. The Morgan fingerprint density at radius 3 is 2.81 bits per heavy atom. The number of nitrogen functional groups attached to an aromatic ring is 2. The highest BCUT2D eigenvalue weighted by Crippen LogP contribution is 2.11. The van der Waals surface area contributed by atoms with Crippen LogP contribution in [0.3, 0.4) is 0 Å². The van der Waals surface area contributed by atoms with Gasteiger partial charge in [-0.1, -0.05) is 0 Å². The van der Waals surface area contributed by atoms with Gasteiger partial charge in [0.05, 0.1) is 0 Å². The number of hydrogen-bond acceptors (Lipinski definition) is 6. The number of fused-ring (bicyclic) bond motifs is 1. The van der Waals surface area contributed by atoms with E-state index in [2.05, 4.69) is 20.1 Å². The van der Waals surface area contributed by atoms with Crippen LogP contribution in [0.15, 0.2) is 24.8 Å². The van der Waals surface area contributed by atoms with Crippen LogP contribution in [0.4, 0.5) is 11.9 Å². The Morgan fingerprint density at radius 1 is 1.19 bits per heavy atom. The van der Waals surface area contributed by atoms with Crippen LogP contribution in [0.25, 0.3) is 11.5 Å². The molecule has 0 aromatic carbocycles. The zero-order valence-corrected chi connectivity index (χ0v) is 8.15. The molecule has 3 aromatic rings. The molecule has 8 nitrogen and oxygen atoms in total. The summed E-state index contributed by atoms with van der Waals surface area (Å²) < 4.78 is 3.14. The normalized spacial score (nSPS) is 11.0. The van der Waals surface area contributed by atoms with E-state index in [9.17, 15) is 0 Å². The lowest BCUT2D eigenvalue weighted by molar-refractivity contribution is 0.850. The van der Waals surface area contributed by atoms with Crippen molar-refractivity contribution in [1.82, 2.24) is 29.1 Å². The van der Waals surface area contributed by atoms with Crippen LogP contribution < -0.4 is 11.5 Å². The predicted octanol–water partition coefficient (Wildman–Crippen LogP) is -0.526. The monoisotopic (exact) mass is 216 g/mol.